The fraction of sp³-hybridized carbons (Fsp3) is 0.214. The molecular formula is C14H15NOS. The SMILES string of the molecule is CCC(O)c1ccc(Sc2ccccn2)cc1. The van der Waals surface area contributed by atoms with Crippen LogP contribution in [0.5, 0.6) is 0 Å². The van der Waals surface area contributed by atoms with Crippen molar-refractivity contribution in [1.29, 1.82) is 0 Å². The Bertz CT molecular complexity index is 455. The van der Waals surface area contributed by atoms with Crippen molar-refractivity contribution in [1.82, 2.24) is 4.98 Å². The molecule has 0 saturated heterocycles. The Balaban J connectivity index is 2.08. The number of aliphatic hydroxyl groups is 1. The Morgan fingerprint density at radius 2 is 1.94 bits per heavy atom. The second-order valence-corrected chi connectivity index (χ2v) is 4.86. The largest absolute Gasteiger partial charge is 0.388 e. The third-order valence-corrected chi connectivity index (χ3v) is 3.47. The summed E-state index contributed by atoms with van der Waals surface area (Å²) in [6, 6.07) is 13.9. The Morgan fingerprint density at radius 1 is 1.18 bits per heavy atom. The van der Waals surface area contributed by atoms with Crippen LogP contribution in [-0.2, 0) is 0 Å². The van der Waals surface area contributed by atoms with Gasteiger partial charge in [-0.3, -0.25) is 0 Å². The third-order valence-electron chi connectivity index (χ3n) is 2.51. The summed E-state index contributed by atoms with van der Waals surface area (Å²) in [4.78, 5) is 5.40. The first-order valence-corrected chi connectivity index (χ1v) is 6.48. The number of aromatic nitrogens is 1. The molecule has 2 rings (SSSR count). The number of hydrogen-bond acceptors (Lipinski definition) is 3. The summed E-state index contributed by atoms with van der Waals surface area (Å²) in [6.07, 6.45) is 2.17. The lowest BCUT2D eigenvalue weighted by atomic mass is 10.1. The van der Waals surface area contributed by atoms with Crippen molar-refractivity contribution < 1.29 is 5.11 Å². The van der Waals surface area contributed by atoms with E-state index in [1.807, 2.05) is 49.4 Å². The maximum Gasteiger partial charge on any atom is 0.101 e. The Morgan fingerprint density at radius 3 is 2.53 bits per heavy atom. The lowest BCUT2D eigenvalue weighted by Crippen LogP contribution is -1.94. The summed E-state index contributed by atoms with van der Waals surface area (Å²) in [5, 5.41) is 10.7. The molecule has 0 bridgehead atoms. The van der Waals surface area contributed by atoms with Crippen molar-refractivity contribution >= 4 is 11.8 Å². The smallest absolute Gasteiger partial charge is 0.101 e. The molecule has 17 heavy (non-hydrogen) atoms. The molecule has 1 heterocycles. The molecule has 1 aromatic heterocycles. The summed E-state index contributed by atoms with van der Waals surface area (Å²) in [5.41, 5.74) is 0.970. The van der Waals surface area contributed by atoms with E-state index in [0.29, 0.717) is 0 Å². The standard InChI is InChI=1S/C14H15NOS/c1-2-13(16)11-6-8-12(9-7-11)17-14-5-3-4-10-15-14/h3-10,13,16H,2H2,1H3. The topological polar surface area (TPSA) is 33.1 Å². The van der Waals surface area contributed by atoms with Crippen LogP contribution in [-0.4, -0.2) is 10.1 Å². The van der Waals surface area contributed by atoms with Gasteiger partial charge in [0.05, 0.1) is 6.10 Å². The van der Waals surface area contributed by atoms with Crippen LogP contribution < -0.4 is 0 Å². The van der Waals surface area contributed by atoms with E-state index in [2.05, 4.69) is 4.98 Å². The first-order chi connectivity index (χ1) is 8.29. The van der Waals surface area contributed by atoms with Gasteiger partial charge in [0.1, 0.15) is 5.03 Å². The molecule has 1 N–H and O–H groups in total. The zero-order valence-electron chi connectivity index (χ0n) is 9.71. The minimum Gasteiger partial charge on any atom is -0.388 e. The van der Waals surface area contributed by atoms with Gasteiger partial charge in [-0.2, -0.15) is 0 Å². The van der Waals surface area contributed by atoms with Gasteiger partial charge in [0.15, 0.2) is 0 Å². The molecule has 0 amide bonds. The number of hydrogen-bond donors (Lipinski definition) is 1. The van der Waals surface area contributed by atoms with E-state index in [1.54, 1.807) is 18.0 Å². The Kier molecular flexibility index (Phi) is 4.18. The first kappa shape index (κ1) is 12.1. The van der Waals surface area contributed by atoms with E-state index in [4.69, 9.17) is 0 Å². The van der Waals surface area contributed by atoms with E-state index < -0.39 is 0 Å². The molecule has 0 radical (unpaired) electrons. The van der Waals surface area contributed by atoms with Gasteiger partial charge in [-0.25, -0.2) is 4.98 Å². The molecule has 1 atom stereocenters. The molecule has 88 valence electrons. The normalized spacial score (nSPS) is 12.4. The van der Waals surface area contributed by atoms with Crippen LogP contribution in [0.1, 0.15) is 25.0 Å². The van der Waals surface area contributed by atoms with Crippen LogP contribution in [0.25, 0.3) is 0 Å². The van der Waals surface area contributed by atoms with Gasteiger partial charge in [-0.15, -0.1) is 0 Å². The second kappa shape index (κ2) is 5.84. The van der Waals surface area contributed by atoms with Gasteiger partial charge >= 0.3 is 0 Å². The second-order valence-electron chi connectivity index (χ2n) is 3.76. The Hall–Kier alpha value is -1.32. The molecule has 0 spiro atoms. The molecule has 3 heteroatoms. The Labute approximate surface area is 106 Å². The van der Waals surface area contributed by atoms with Gasteiger partial charge in [-0.1, -0.05) is 36.9 Å². The lowest BCUT2D eigenvalue weighted by molar-refractivity contribution is 0.173. The van der Waals surface area contributed by atoms with Crippen LogP contribution in [0, 0.1) is 0 Å². The van der Waals surface area contributed by atoms with Crippen molar-refractivity contribution in [2.45, 2.75) is 29.4 Å². The molecule has 0 aliphatic carbocycles. The number of nitrogens with zero attached hydrogens (tertiary/aromatic N) is 1. The molecule has 0 aliphatic rings. The van der Waals surface area contributed by atoms with Crippen LogP contribution in [0.3, 0.4) is 0 Å². The highest BCUT2D eigenvalue weighted by atomic mass is 32.2. The first-order valence-electron chi connectivity index (χ1n) is 5.66. The van der Waals surface area contributed by atoms with E-state index >= 15 is 0 Å². The van der Waals surface area contributed by atoms with Crippen molar-refractivity contribution in [3.8, 4) is 0 Å². The summed E-state index contributed by atoms with van der Waals surface area (Å²) in [7, 11) is 0. The zero-order valence-corrected chi connectivity index (χ0v) is 10.5. The predicted octanol–water partition coefficient (Wildman–Crippen LogP) is 3.68. The summed E-state index contributed by atoms with van der Waals surface area (Å²) in [6.45, 7) is 1.97. The van der Waals surface area contributed by atoms with Gasteiger partial charge in [0, 0.05) is 11.1 Å². The molecule has 2 nitrogen and oxygen atoms in total. The monoisotopic (exact) mass is 245 g/mol. The highest BCUT2D eigenvalue weighted by Crippen LogP contribution is 2.27. The van der Waals surface area contributed by atoms with Crippen molar-refractivity contribution in [2.24, 2.45) is 0 Å². The lowest BCUT2D eigenvalue weighted by Gasteiger charge is -2.08. The average molecular weight is 245 g/mol. The molecule has 1 aromatic carbocycles. The number of pyridine rings is 1. The van der Waals surface area contributed by atoms with Gasteiger partial charge in [0.25, 0.3) is 0 Å². The van der Waals surface area contributed by atoms with Crippen molar-refractivity contribution in [3.05, 3.63) is 54.2 Å². The maximum absolute atomic E-state index is 9.69. The summed E-state index contributed by atoms with van der Waals surface area (Å²) >= 11 is 1.62. The van der Waals surface area contributed by atoms with Crippen molar-refractivity contribution in [3.63, 3.8) is 0 Å². The molecule has 0 saturated carbocycles. The van der Waals surface area contributed by atoms with Gasteiger partial charge in [-0.05, 0) is 36.2 Å². The average Bonchev–Trinajstić information content (AvgIpc) is 2.40. The van der Waals surface area contributed by atoms with Gasteiger partial charge in [0.2, 0.25) is 0 Å². The predicted molar refractivity (Wildman–Crippen MR) is 70.1 cm³/mol. The van der Waals surface area contributed by atoms with Crippen LogP contribution >= 0.6 is 11.8 Å². The summed E-state index contributed by atoms with van der Waals surface area (Å²) in [5.74, 6) is 0. The van der Waals surface area contributed by atoms with E-state index in [0.717, 1.165) is 21.9 Å². The fourth-order valence-electron chi connectivity index (χ4n) is 1.52. The summed E-state index contributed by atoms with van der Waals surface area (Å²) < 4.78 is 0. The molecule has 1 unspecified atom stereocenters. The van der Waals surface area contributed by atoms with E-state index in [-0.39, 0.29) is 6.10 Å². The molecule has 2 aromatic rings. The zero-order chi connectivity index (χ0) is 12.1. The highest BCUT2D eigenvalue weighted by molar-refractivity contribution is 7.99. The highest BCUT2D eigenvalue weighted by Gasteiger charge is 2.04. The van der Waals surface area contributed by atoms with Crippen LogP contribution in [0.2, 0.25) is 0 Å². The maximum atomic E-state index is 9.69. The van der Waals surface area contributed by atoms with Crippen molar-refractivity contribution in [2.75, 3.05) is 0 Å². The minimum atomic E-state index is -0.357. The molecule has 0 aliphatic heterocycles. The van der Waals surface area contributed by atoms with E-state index in [9.17, 15) is 5.11 Å². The molecular weight excluding hydrogens is 230 g/mol. The third kappa shape index (κ3) is 3.32. The van der Waals surface area contributed by atoms with Crippen LogP contribution in [0.15, 0.2) is 58.6 Å². The van der Waals surface area contributed by atoms with Gasteiger partial charge < -0.3 is 5.11 Å². The quantitative estimate of drug-likeness (QED) is 0.892. The number of benzene rings is 1. The van der Waals surface area contributed by atoms with E-state index in [1.165, 1.54) is 0 Å². The molecule has 0 fully saturated rings. The minimum absolute atomic E-state index is 0.357. The fourth-order valence-corrected chi connectivity index (χ4v) is 2.30. The van der Waals surface area contributed by atoms with Crippen LogP contribution in [0.4, 0.5) is 0 Å². The number of rotatable bonds is 4. The number of aliphatic hydroxyl groups excluding tert-OH is 1.